The Morgan fingerprint density at radius 1 is 1.05 bits per heavy atom. The first-order chi connectivity index (χ1) is 9.21. The second kappa shape index (κ2) is 6.84. The van der Waals surface area contributed by atoms with Gasteiger partial charge in [0.15, 0.2) is 12.5 Å². The van der Waals surface area contributed by atoms with Gasteiger partial charge in [-0.1, -0.05) is 0 Å². The molecule has 0 spiro atoms. The van der Waals surface area contributed by atoms with Crippen LogP contribution in [0.2, 0.25) is 0 Å². The van der Waals surface area contributed by atoms with Gasteiger partial charge in [-0.05, 0) is 27.7 Å². The van der Waals surface area contributed by atoms with Crippen LogP contribution in [-0.2, 0) is 23.5 Å². The Kier molecular flexibility index (Phi) is 5.94. The summed E-state index contributed by atoms with van der Waals surface area (Å²) in [4.78, 5) is 0. The minimum Gasteiger partial charge on any atom is -0.470 e. The maximum atomic E-state index is 12.9. The van der Waals surface area contributed by atoms with Gasteiger partial charge >= 0.3 is 13.2 Å². The molecule has 1 rings (SSSR count). The van der Waals surface area contributed by atoms with Crippen LogP contribution in [0, 0.1) is 0 Å². The molecule has 1 fully saturated rings. The largest absolute Gasteiger partial charge is 0.538 e. The molecular formula is C12H21BF2O5. The van der Waals surface area contributed by atoms with E-state index in [-0.39, 0.29) is 13.4 Å². The normalized spacial score (nSPS) is 20.1. The van der Waals surface area contributed by atoms with Crippen molar-refractivity contribution in [1.29, 1.82) is 0 Å². The topological polar surface area (TPSA) is 46.2 Å². The first-order valence-electron chi connectivity index (χ1n) is 6.31. The van der Waals surface area contributed by atoms with Gasteiger partial charge < -0.3 is 23.5 Å². The van der Waals surface area contributed by atoms with E-state index in [4.69, 9.17) is 23.5 Å². The summed E-state index contributed by atoms with van der Waals surface area (Å²) >= 11 is 0. The zero-order valence-corrected chi connectivity index (χ0v) is 12.5. The molecule has 0 atom stereocenters. The summed E-state index contributed by atoms with van der Waals surface area (Å²) in [6, 6.07) is 0. The Bertz CT molecular complexity index is 340. The van der Waals surface area contributed by atoms with Gasteiger partial charge in [-0.2, -0.15) is 8.78 Å². The van der Waals surface area contributed by atoms with E-state index >= 15 is 0 Å². The number of rotatable bonds is 7. The summed E-state index contributed by atoms with van der Waals surface area (Å²) in [6.07, 6.45) is -1.99. The lowest BCUT2D eigenvalue weighted by Gasteiger charge is -2.32. The molecule has 5 nitrogen and oxygen atoms in total. The Labute approximate surface area is 118 Å². The van der Waals surface area contributed by atoms with Crippen molar-refractivity contribution in [2.75, 3.05) is 27.1 Å². The molecule has 0 unspecified atom stereocenters. The number of ether oxygens (including phenoxy) is 3. The molecule has 0 amide bonds. The molecule has 0 N–H and O–H groups in total. The number of hydrogen-bond donors (Lipinski definition) is 0. The van der Waals surface area contributed by atoms with Gasteiger partial charge in [0.25, 0.3) is 0 Å². The van der Waals surface area contributed by atoms with Crippen molar-refractivity contribution in [2.24, 2.45) is 0 Å². The molecule has 1 saturated heterocycles. The SMILES string of the molecule is COCCOCOC(B1OC(C)(C)C(C)(C)O1)=C(F)F. The minimum atomic E-state index is -1.99. The Hall–Kier alpha value is -0.695. The molecule has 0 radical (unpaired) electrons. The summed E-state index contributed by atoms with van der Waals surface area (Å²) in [7, 11) is 0.275. The first kappa shape index (κ1) is 17.4. The molecule has 0 saturated carbocycles. The van der Waals surface area contributed by atoms with Crippen molar-refractivity contribution >= 4 is 7.12 Å². The number of hydrogen-bond acceptors (Lipinski definition) is 5. The van der Waals surface area contributed by atoms with Crippen molar-refractivity contribution in [3.63, 3.8) is 0 Å². The average Bonchev–Trinajstić information content (AvgIpc) is 2.52. The highest BCUT2D eigenvalue weighted by atomic mass is 19.3. The second-order valence-electron chi connectivity index (χ2n) is 5.38. The van der Waals surface area contributed by atoms with E-state index < -0.39 is 30.1 Å². The van der Waals surface area contributed by atoms with Gasteiger partial charge in [0, 0.05) is 7.11 Å². The van der Waals surface area contributed by atoms with Crippen LogP contribution in [0.3, 0.4) is 0 Å². The van der Waals surface area contributed by atoms with Crippen molar-refractivity contribution in [3.05, 3.63) is 11.7 Å². The lowest BCUT2D eigenvalue weighted by molar-refractivity contribution is -0.0401. The summed E-state index contributed by atoms with van der Waals surface area (Å²) < 4.78 is 51.6. The third-order valence-corrected chi connectivity index (χ3v) is 3.38. The summed E-state index contributed by atoms with van der Waals surface area (Å²) in [5, 5.41) is 0. The van der Waals surface area contributed by atoms with Gasteiger partial charge in [0.05, 0.1) is 24.4 Å². The van der Waals surface area contributed by atoms with E-state index in [0.717, 1.165) is 0 Å². The van der Waals surface area contributed by atoms with Crippen molar-refractivity contribution < 1.29 is 32.3 Å². The standard InChI is InChI=1S/C12H21BF2O5/c1-11(2)12(3,4)20-13(19-11)9(10(14)15)18-8-17-7-6-16-5/h6-8H2,1-5H3. The Morgan fingerprint density at radius 3 is 2.05 bits per heavy atom. The summed E-state index contributed by atoms with van der Waals surface area (Å²) in [6.45, 7) is 7.38. The van der Waals surface area contributed by atoms with Crippen LogP contribution in [-0.4, -0.2) is 45.4 Å². The molecule has 116 valence electrons. The Balaban J connectivity index is 2.60. The van der Waals surface area contributed by atoms with Crippen LogP contribution in [0.15, 0.2) is 11.7 Å². The molecule has 0 bridgehead atoms. The molecule has 1 aliphatic heterocycles. The van der Waals surface area contributed by atoms with Crippen LogP contribution in [0.5, 0.6) is 0 Å². The third kappa shape index (κ3) is 4.15. The molecule has 8 heteroatoms. The second-order valence-corrected chi connectivity index (χ2v) is 5.38. The van der Waals surface area contributed by atoms with E-state index in [1.807, 2.05) is 0 Å². The van der Waals surface area contributed by atoms with Crippen LogP contribution in [0.4, 0.5) is 8.78 Å². The van der Waals surface area contributed by atoms with E-state index in [1.165, 1.54) is 7.11 Å². The quantitative estimate of drug-likeness (QED) is 0.312. The number of halogens is 2. The predicted octanol–water partition coefficient (Wildman–Crippen LogP) is 2.36. The lowest BCUT2D eigenvalue weighted by Crippen LogP contribution is -2.41. The monoisotopic (exact) mass is 294 g/mol. The first-order valence-corrected chi connectivity index (χ1v) is 6.31. The van der Waals surface area contributed by atoms with Crippen molar-refractivity contribution in [1.82, 2.24) is 0 Å². The fraction of sp³-hybridized carbons (Fsp3) is 0.833. The van der Waals surface area contributed by atoms with E-state index in [0.29, 0.717) is 6.61 Å². The third-order valence-electron chi connectivity index (χ3n) is 3.38. The fourth-order valence-corrected chi connectivity index (χ4v) is 1.47. The summed E-state index contributed by atoms with van der Waals surface area (Å²) in [5.74, 6) is 0. The highest BCUT2D eigenvalue weighted by molar-refractivity contribution is 6.53. The van der Waals surface area contributed by atoms with Gasteiger partial charge in [-0.15, -0.1) is 0 Å². The fourth-order valence-electron chi connectivity index (χ4n) is 1.47. The maximum absolute atomic E-state index is 12.9. The van der Waals surface area contributed by atoms with Crippen molar-refractivity contribution in [3.8, 4) is 0 Å². The zero-order valence-electron chi connectivity index (χ0n) is 12.5. The predicted molar refractivity (Wildman–Crippen MR) is 69.1 cm³/mol. The van der Waals surface area contributed by atoms with E-state index in [1.54, 1.807) is 27.7 Å². The zero-order chi connectivity index (χ0) is 15.4. The van der Waals surface area contributed by atoms with Gasteiger partial charge in [-0.3, -0.25) is 0 Å². The number of methoxy groups -OCH3 is 1. The van der Waals surface area contributed by atoms with Gasteiger partial charge in [0.2, 0.25) is 0 Å². The van der Waals surface area contributed by atoms with Crippen LogP contribution >= 0.6 is 0 Å². The highest BCUT2D eigenvalue weighted by Gasteiger charge is 2.54. The van der Waals surface area contributed by atoms with E-state index in [9.17, 15) is 8.78 Å². The molecule has 0 aliphatic carbocycles. The lowest BCUT2D eigenvalue weighted by atomic mass is 9.87. The summed E-state index contributed by atoms with van der Waals surface area (Å²) in [5.41, 5.74) is -2.07. The smallest absolute Gasteiger partial charge is 0.470 e. The molecule has 1 aliphatic rings. The van der Waals surface area contributed by atoms with Crippen LogP contribution in [0.1, 0.15) is 27.7 Å². The maximum Gasteiger partial charge on any atom is 0.538 e. The molecule has 0 aromatic carbocycles. The Morgan fingerprint density at radius 2 is 1.60 bits per heavy atom. The van der Waals surface area contributed by atoms with Crippen LogP contribution in [0.25, 0.3) is 0 Å². The van der Waals surface area contributed by atoms with Crippen LogP contribution < -0.4 is 0 Å². The van der Waals surface area contributed by atoms with Gasteiger partial charge in [-0.25, -0.2) is 0 Å². The minimum absolute atomic E-state index is 0.251. The molecule has 20 heavy (non-hydrogen) atoms. The molecule has 1 heterocycles. The van der Waals surface area contributed by atoms with Crippen molar-refractivity contribution in [2.45, 2.75) is 38.9 Å². The highest BCUT2D eigenvalue weighted by Crippen LogP contribution is 2.39. The van der Waals surface area contributed by atoms with E-state index in [2.05, 4.69) is 0 Å². The van der Waals surface area contributed by atoms with Gasteiger partial charge in [0.1, 0.15) is 0 Å². The molecular weight excluding hydrogens is 273 g/mol. The average molecular weight is 294 g/mol. The molecule has 0 aromatic rings. The molecule has 0 aromatic heterocycles.